The Bertz CT molecular complexity index is 1020. The third-order valence-corrected chi connectivity index (χ3v) is 7.83. The fraction of sp³-hybridized carbons (Fsp3) is 0.591. The third kappa shape index (κ3) is 6.32. The van der Waals surface area contributed by atoms with E-state index in [4.69, 9.17) is 4.74 Å². The van der Waals surface area contributed by atoms with Gasteiger partial charge in [-0.2, -0.15) is 4.31 Å². The molecule has 0 N–H and O–H groups in total. The lowest BCUT2D eigenvalue weighted by atomic mass is 10.2. The highest BCUT2D eigenvalue weighted by molar-refractivity contribution is 7.99. The fourth-order valence-corrected chi connectivity index (χ4v) is 5.47. The van der Waals surface area contributed by atoms with Crippen molar-refractivity contribution in [2.45, 2.75) is 76.6 Å². The Balaban J connectivity index is 2.41. The van der Waals surface area contributed by atoms with Gasteiger partial charge in [0.1, 0.15) is 5.60 Å². The summed E-state index contributed by atoms with van der Waals surface area (Å²) in [5.41, 5.74) is 0.111. The van der Waals surface area contributed by atoms with Crippen molar-refractivity contribution in [1.82, 2.24) is 19.1 Å². The first-order chi connectivity index (χ1) is 14.9. The predicted octanol–water partition coefficient (Wildman–Crippen LogP) is 4.38. The van der Waals surface area contributed by atoms with E-state index in [2.05, 4.69) is 17.1 Å². The van der Waals surface area contributed by atoms with Gasteiger partial charge in [-0.25, -0.2) is 8.42 Å². The summed E-state index contributed by atoms with van der Waals surface area (Å²) >= 11 is 1.27. The summed E-state index contributed by atoms with van der Waals surface area (Å²) in [7, 11) is -3.59. The summed E-state index contributed by atoms with van der Waals surface area (Å²) in [6, 6.07) is 6.84. The third-order valence-electron chi connectivity index (χ3n) is 4.87. The predicted molar refractivity (Wildman–Crippen MR) is 127 cm³/mol. The maximum atomic E-state index is 13.0. The smallest absolute Gasteiger partial charge is 0.316 e. The standard InChI is InChI=1S/C22H34N4O4S2/c1-8-16(4)26-20(23-24-21(26)31-15-19(27)30-22(5,6)7)17-12-11-13-18(14-17)32(28,29)25(9-2)10-3/h11-14,16H,8-10,15H2,1-7H3. The van der Waals surface area contributed by atoms with Crippen molar-refractivity contribution in [2.24, 2.45) is 0 Å². The molecule has 0 spiro atoms. The minimum Gasteiger partial charge on any atom is -0.459 e. The molecule has 0 amide bonds. The highest BCUT2D eigenvalue weighted by atomic mass is 32.2. The summed E-state index contributed by atoms with van der Waals surface area (Å²) in [5.74, 6) is 0.361. The van der Waals surface area contributed by atoms with Crippen molar-refractivity contribution < 1.29 is 17.9 Å². The van der Waals surface area contributed by atoms with Crippen molar-refractivity contribution in [3.05, 3.63) is 24.3 Å². The number of carbonyl (C=O) groups is 1. The van der Waals surface area contributed by atoms with E-state index in [1.807, 2.05) is 52.2 Å². The van der Waals surface area contributed by atoms with Crippen LogP contribution in [0.2, 0.25) is 0 Å². The summed E-state index contributed by atoms with van der Waals surface area (Å²) in [6.45, 7) is 14.0. The van der Waals surface area contributed by atoms with Gasteiger partial charge in [0.2, 0.25) is 10.0 Å². The van der Waals surface area contributed by atoms with Gasteiger partial charge in [-0.3, -0.25) is 9.36 Å². The van der Waals surface area contributed by atoms with Crippen LogP contribution in [-0.2, 0) is 19.6 Å². The summed E-state index contributed by atoms with van der Waals surface area (Å²) in [4.78, 5) is 12.4. The van der Waals surface area contributed by atoms with Gasteiger partial charge in [-0.05, 0) is 46.2 Å². The molecule has 8 nitrogen and oxygen atoms in total. The zero-order chi connectivity index (χ0) is 24.1. The number of hydrogen-bond acceptors (Lipinski definition) is 7. The highest BCUT2D eigenvalue weighted by Crippen LogP contribution is 2.31. The molecular formula is C22H34N4O4S2. The molecule has 1 atom stereocenters. The van der Waals surface area contributed by atoms with Gasteiger partial charge in [-0.1, -0.05) is 44.7 Å². The minimum absolute atomic E-state index is 0.0594. The molecule has 0 saturated heterocycles. The lowest BCUT2D eigenvalue weighted by molar-refractivity contribution is -0.151. The molecule has 0 saturated carbocycles. The molecule has 0 bridgehead atoms. The average molecular weight is 483 g/mol. The monoisotopic (exact) mass is 482 g/mol. The number of nitrogens with zero attached hydrogens (tertiary/aromatic N) is 4. The lowest BCUT2D eigenvalue weighted by Gasteiger charge is -2.20. The number of sulfonamides is 1. The van der Waals surface area contributed by atoms with Gasteiger partial charge in [0.15, 0.2) is 11.0 Å². The molecule has 10 heteroatoms. The molecule has 0 aliphatic rings. The van der Waals surface area contributed by atoms with Crippen LogP contribution in [0.5, 0.6) is 0 Å². The molecular weight excluding hydrogens is 448 g/mol. The van der Waals surface area contributed by atoms with Crippen molar-refractivity contribution >= 4 is 27.8 Å². The number of carbonyl (C=O) groups excluding carboxylic acids is 1. The van der Waals surface area contributed by atoms with Crippen molar-refractivity contribution in [2.75, 3.05) is 18.8 Å². The van der Waals surface area contributed by atoms with Crippen LogP contribution in [0.1, 0.15) is 60.9 Å². The molecule has 1 heterocycles. The number of benzene rings is 1. The number of esters is 1. The molecule has 2 rings (SSSR count). The molecule has 32 heavy (non-hydrogen) atoms. The molecule has 1 aromatic carbocycles. The first-order valence-electron chi connectivity index (χ1n) is 10.8. The molecule has 2 aromatic rings. The van der Waals surface area contributed by atoms with E-state index in [0.29, 0.717) is 29.6 Å². The topological polar surface area (TPSA) is 94.4 Å². The second kappa shape index (κ2) is 10.8. The molecule has 1 unspecified atom stereocenters. The van der Waals surface area contributed by atoms with Gasteiger partial charge in [0, 0.05) is 24.7 Å². The second-order valence-electron chi connectivity index (χ2n) is 8.43. The normalized spacial score (nSPS) is 13.4. The first kappa shape index (κ1) is 26.3. The van der Waals surface area contributed by atoms with E-state index in [0.717, 1.165) is 6.42 Å². The number of ether oxygens (including phenoxy) is 1. The van der Waals surface area contributed by atoms with Crippen molar-refractivity contribution in [1.29, 1.82) is 0 Å². The van der Waals surface area contributed by atoms with Gasteiger partial charge in [0.05, 0.1) is 10.6 Å². The number of hydrogen-bond donors (Lipinski definition) is 0. The Morgan fingerprint density at radius 2 is 1.84 bits per heavy atom. The van der Waals surface area contributed by atoms with E-state index in [1.165, 1.54) is 16.1 Å². The van der Waals surface area contributed by atoms with Crippen LogP contribution in [0.4, 0.5) is 0 Å². The van der Waals surface area contributed by atoms with E-state index in [9.17, 15) is 13.2 Å². The Kier molecular flexibility index (Phi) is 8.90. The van der Waals surface area contributed by atoms with E-state index in [-0.39, 0.29) is 22.7 Å². The number of thioether (sulfide) groups is 1. The van der Waals surface area contributed by atoms with Gasteiger partial charge in [-0.15, -0.1) is 10.2 Å². The SMILES string of the molecule is CCC(C)n1c(SCC(=O)OC(C)(C)C)nnc1-c1cccc(S(=O)(=O)N(CC)CC)c1. The fourth-order valence-electron chi connectivity index (χ4n) is 3.15. The summed E-state index contributed by atoms with van der Waals surface area (Å²) in [6.07, 6.45) is 0.822. The Labute approximate surface area is 195 Å². The molecule has 0 aliphatic carbocycles. The maximum absolute atomic E-state index is 13.0. The Hall–Kier alpha value is -1.91. The van der Waals surface area contributed by atoms with Crippen LogP contribution in [0, 0.1) is 0 Å². The van der Waals surface area contributed by atoms with E-state index < -0.39 is 15.6 Å². The van der Waals surface area contributed by atoms with E-state index in [1.54, 1.807) is 18.2 Å². The number of rotatable bonds is 10. The molecule has 0 fully saturated rings. The average Bonchev–Trinajstić information content (AvgIpc) is 3.15. The molecule has 0 radical (unpaired) electrons. The quantitative estimate of drug-likeness (QED) is 0.366. The zero-order valence-electron chi connectivity index (χ0n) is 20.0. The van der Waals surface area contributed by atoms with Crippen LogP contribution in [0.25, 0.3) is 11.4 Å². The minimum atomic E-state index is -3.59. The summed E-state index contributed by atoms with van der Waals surface area (Å²) in [5, 5.41) is 9.24. The van der Waals surface area contributed by atoms with Crippen molar-refractivity contribution in [3.63, 3.8) is 0 Å². The largest absolute Gasteiger partial charge is 0.459 e. The van der Waals surface area contributed by atoms with Gasteiger partial charge < -0.3 is 4.74 Å². The van der Waals surface area contributed by atoms with Crippen LogP contribution in [0.15, 0.2) is 34.3 Å². The molecule has 1 aromatic heterocycles. The molecule has 178 valence electrons. The van der Waals surface area contributed by atoms with Crippen LogP contribution in [-0.4, -0.2) is 57.9 Å². The lowest BCUT2D eigenvalue weighted by Crippen LogP contribution is -2.30. The van der Waals surface area contributed by atoms with Crippen molar-refractivity contribution in [3.8, 4) is 11.4 Å². The first-order valence-corrected chi connectivity index (χ1v) is 13.3. The van der Waals surface area contributed by atoms with Crippen LogP contribution < -0.4 is 0 Å². The second-order valence-corrected chi connectivity index (χ2v) is 11.3. The molecule has 0 aliphatic heterocycles. The van der Waals surface area contributed by atoms with Crippen LogP contribution in [0.3, 0.4) is 0 Å². The Morgan fingerprint density at radius 3 is 2.41 bits per heavy atom. The Morgan fingerprint density at radius 1 is 1.19 bits per heavy atom. The zero-order valence-corrected chi connectivity index (χ0v) is 21.6. The maximum Gasteiger partial charge on any atom is 0.316 e. The van der Waals surface area contributed by atoms with Gasteiger partial charge in [0.25, 0.3) is 0 Å². The summed E-state index contributed by atoms with van der Waals surface area (Å²) < 4.78 is 34.7. The number of aromatic nitrogens is 3. The van der Waals surface area contributed by atoms with Crippen LogP contribution >= 0.6 is 11.8 Å². The highest BCUT2D eigenvalue weighted by Gasteiger charge is 2.25. The van der Waals surface area contributed by atoms with E-state index >= 15 is 0 Å². The van der Waals surface area contributed by atoms with Gasteiger partial charge >= 0.3 is 5.97 Å².